The van der Waals surface area contributed by atoms with Crippen molar-refractivity contribution in [1.29, 1.82) is 0 Å². The Morgan fingerprint density at radius 3 is 1.87 bits per heavy atom. The first-order valence-electron chi connectivity index (χ1n) is 7.24. The molecule has 0 spiro atoms. The van der Waals surface area contributed by atoms with Crippen LogP contribution >= 0.6 is 11.6 Å². The summed E-state index contributed by atoms with van der Waals surface area (Å²) in [5.74, 6) is 0.393. The van der Waals surface area contributed by atoms with Gasteiger partial charge in [-0.1, -0.05) is 48.0 Å². The van der Waals surface area contributed by atoms with Gasteiger partial charge in [-0.05, 0) is 48.5 Å². The number of halogens is 1. The number of hydrogen-bond donors (Lipinski definition) is 1. The number of aliphatic imine (C=N–C) groups is 1. The van der Waals surface area contributed by atoms with Gasteiger partial charge in [-0.15, -0.1) is 0 Å². The van der Waals surface area contributed by atoms with Gasteiger partial charge < -0.3 is 5.73 Å². The Balaban J connectivity index is 2.05. The van der Waals surface area contributed by atoms with Crippen LogP contribution in [-0.2, 0) is 0 Å². The van der Waals surface area contributed by atoms with E-state index in [1.165, 1.54) is 0 Å². The molecule has 0 radical (unpaired) electrons. The maximum atomic E-state index is 6.30. The van der Waals surface area contributed by atoms with Crippen LogP contribution in [0.2, 0.25) is 5.02 Å². The topological polar surface area (TPSA) is 41.6 Å². The van der Waals surface area contributed by atoms with E-state index in [4.69, 9.17) is 17.3 Å². The van der Waals surface area contributed by atoms with E-state index in [1.807, 2.05) is 89.8 Å². The van der Waals surface area contributed by atoms with Crippen molar-refractivity contribution in [1.82, 2.24) is 0 Å². The van der Waals surface area contributed by atoms with Crippen molar-refractivity contribution in [2.75, 3.05) is 4.90 Å². The Bertz CT molecular complexity index is 784. The van der Waals surface area contributed by atoms with Crippen molar-refractivity contribution < 1.29 is 0 Å². The molecule has 0 amide bonds. The molecule has 0 unspecified atom stereocenters. The number of hydrogen-bond acceptors (Lipinski definition) is 1. The largest absolute Gasteiger partial charge is 0.369 e. The van der Waals surface area contributed by atoms with E-state index in [0.29, 0.717) is 11.0 Å². The number of anilines is 2. The van der Waals surface area contributed by atoms with Crippen LogP contribution in [0.1, 0.15) is 0 Å². The fourth-order valence-corrected chi connectivity index (χ4v) is 2.39. The monoisotopic (exact) mass is 321 g/mol. The van der Waals surface area contributed by atoms with Gasteiger partial charge in [-0.3, -0.25) is 4.90 Å². The summed E-state index contributed by atoms with van der Waals surface area (Å²) in [6, 6.07) is 27.0. The van der Waals surface area contributed by atoms with Crippen LogP contribution in [0.25, 0.3) is 0 Å². The van der Waals surface area contributed by atoms with Crippen LogP contribution < -0.4 is 10.6 Å². The lowest BCUT2D eigenvalue weighted by atomic mass is 10.2. The van der Waals surface area contributed by atoms with Gasteiger partial charge in [-0.2, -0.15) is 0 Å². The Morgan fingerprint density at radius 1 is 0.739 bits per heavy atom. The molecule has 3 nitrogen and oxygen atoms in total. The minimum Gasteiger partial charge on any atom is -0.369 e. The van der Waals surface area contributed by atoms with Gasteiger partial charge in [0.15, 0.2) is 0 Å². The number of para-hydroxylation sites is 2. The van der Waals surface area contributed by atoms with Crippen LogP contribution in [0, 0.1) is 0 Å². The van der Waals surface area contributed by atoms with E-state index in [-0.39, 0.29) is 0 Å². The lowest BCUT2D eigenvalue weighted by Crippen LogP contribution is -2.33. The second kappa shape index (κ2) is 6.99. The first kappa shape index (κ1) is 15.1. The lowest BCUT2D eigenvalue weighted by molar-refractivity contribution is 1.28. The summed E-state index contributed by atoms with van der Waals surface area (Å²) >= 11 is 5.99. The minimum atomic E-state index is 0.393. The maximum Gasteiger partial charge on any atom is 0.205 e. The van der Waals surface area contributed by atoms with Gasteiger partial charge in [0.1, 0.15) is 0 Å². The molecule has 0 heterocycles. The van der Waals surface area contributed by atoms with Gasteiger partial charge in [-0.25, -0.2) is 4.99 Å². The summed E-state index contributed by atoms with van der Waals surface area (Å²) in [7, 11) is 0. The first-order chi connectivity index (χ1) is 11.2. The molecule has 0 saturated carbocycles. The highest BCUT2D eigenvalue weighted by Crippen LogP contribution is 2.27. The molecule has 114 valence electrons. The van der Waals surface area contributed by atoms with Crippen molar-refractivity contribution in [3.8, 4) is 0 Å². The number of guanidine groups is 1. The third-order valence-corrected chi connectivity index (χ3v) is 3.58. The number of nitrogens with two attached hydrogens (primary N) is 1. The number of benzene rings is 3. The third kappa shape index (κ3) is 3.71. The molecule has 0 bridgehead atoms. The minimum absolute atomic E-state index is 0.393. The Morgan fingerprint density at radius 2 is 1.26 bits per heavy atom. The summed E-state index contributed by atoms with van der Waals surface area (Å²) in [6.45, 7) is 0. The predicted molar refractivity (Wildman–Crippen MR) is 97.8 cm³/mol. The quantitative estimate of drug-likeness (QED) is 0.537. The molecule has 4 heteroatoms. The summed E-state index contributed by atoms with van der Waals surface area (Å²) in [4.78, 5) is 6.41. The highest BCUT2D eigenvalue weighted by molar-refractivity contribution is 6.30. The number of rotatable bonds is 3. The summed E-state index contributed by atoms with van der Waals surface area (Å²) < 4.78 is 0. The SMILES string of the molecule is NC(=Nc1ccccc1)N(c1ccccc1)c1ccc(Cl)cc1. The fraction of sp³-hybridized carbons (Fsp3) is 0. The van der Waals surface area contributed by atoms with Crippen molar-refractivity contribution >= 4 is 34.6 Å². The van der Waals surface area contributed by atoms with Crippen LogP contribution in [0.4, 0.5) is 17.1 Å². The van der Waals surface area contributed by atoms with E-state index in [0.717, 1.165) is 17.1 Å². The molecule has 3 aromatic rings. The number of nitrogens with zero attached hydrogens (tertiary/aromatic N) is 2. The van der Waals surface area contributed by atoms with E-state index >= 15 is 0 Å². The predicted octanol–water partition coefficient (Wildman–Crippen LogP) is 5.12. The zero-order valence-corrected chi connectivity index (χ0v) is 13.2. The fourth-order valence-electron chi connectivity index (χ4n) is 2.27. The average molecular weight is 322 g/mol. The second-order valence-electron chi connectivity index (χ2n) is 4.95. The third-order valence-electron chi connectivity index (χ3n) is 3.33. The van der Waals surface area contributed by atoms with Crippen LogP contribution in [-0.4, -0.2) is 5.96 Å². The van der Waals surface area contributed by atoms with Crippen molar-refractivity contribution in [2.45, 2.75) is 0 Å². The van der Waals surface area contributed by atoms with Gasteiger partial charge in [0.05, 0.1) is 5.69 Å². The van der Waals surface area contributed by atoms with Gasteiger partial charge in [0.25, 0.3) is 0 Å². The maximum absolute atomic E-state index is 6.30. The molecular weight excluding hydrogens is 306 g/mol. The van der Waals surface area contributed by atoms with Gasteiger partial charge in [0.2, 0.25) is 5.96 Å². The second-order valence-corrected chi connectivity index (χ2v) is 5.39. The van der Waals surface area contributed by atoms with Crippen LogP contribution in [0.15, 0.2) is 89.9 Å². The van der Waals surface area contributed by atoms with Crippen molar-refractivity contribution in [2.24, 2.45) is 10.7 Å². The first-order valence-corrected chi connectivity index (χ1v) is 7.62. The van der Waals surface area contributed by atoms with Gasteiger partial charge in [0, 0.05) is 16.4 Å². The Hall–Kier alpha value is -2.78. The molecule has 0 fully saturated rings. The van der Waals surface area contributed by atoms with Crippen molar-refractivity contribution in [3.63, 3.8) is 0 Å². The molecule has 0 aliphatic heterocycles. The normalized spacial score (nSPS) is 11.3. The molecular formula is C19H16ClN3. The average Bonchev–Trinajstić information content (AvgIpc) is 2.59. The highest BCUT2D eigenvalue weighted by Gasteiger charge is 2.13. The molecule has 0 aromatic heterocycles. The lowest BCUT2D eigenvalue weighted by Gasteiger charge is -2.24. The molecule has 3 aromatic carbocycles. The zero-order valence-electron chi connectivity index (χ0n) is 12.4. The highest BCUT2D eigenvalue weighted by atomic mass is 35.5. The summed E-state index contributed by atoms with van der Waals surface area (Å²) in [5.41, 5.74) is 8.94. The van der Waals surface area contributed by atoms with Gasteiger partial charge >= 0.3 is 0 Å². The molecule has 2 N–H and O–H groups in total. The molecule has 0 saturated heterocycles. The summed E-state index contributed by atoms with van der Waals surface area (Å²) in [5, 5.41) is 0.681. The van der Waals surface area contributed by atoms with Crippen molar-refractivity contribution in [3.05, 3.63) is 90.0 Å². The molecule has 23 heavy (non-hydrogen) atoms. The molecule has 0 aliphatic carbocycles. The standard InChI is InChI=1S/C19H16ClN3/c20-15-11-13-18(14-12-15)23(17-9-5-2-6-10-17)19(21)22-16-7-3-1-4-8-16/h1-14H,(H2,21,22). The van der Waals surface area contributed by atoms with Crippen LogP contribution in [0.5, 0.6) is 0 Å². The summed E-state index contributed by atoms with van der Waals surface area (Å²) in [6.07, 6.45) is 0. The van der Waals surface area contributed by atoms with E-state index < -0.39 is 0 Å². The molecule has 0 atom stereocenters. The van der Waals surface area contributed by atoms with E-state index in [2.05, 4.69) is 4.99 Å². The zero-order chi connectivity index (χ0) is 16.1. The molecule has 3 rings (SSSR count). The Labute approximate surface area is 140 Å². The molecule has 0 aliphatic rings. The van der Waals surface area contributed by atoms with E-state index in [9.17, 15) is 0 Å². The Kier molecular flexibility index (Phi) is 4.60. The smallest absolute Gasteiger partial charge is 0.205 e. The van der Waals surface area contributed by atoms with E-state index in [1.54, 1.807) is 0 Å². The van der Waals surface area contributed by atoms with Crippen LogP contribution in [0.3, 0.4) is 0 Å².